The van der Waals surface area contributed by atoms with Gasteiger partial charge in [0.25, 0.3) is 0 Å². The van der Waals surface area contributed by atoms with Gasteiger partial charge in [0.2, 0.25) is 0 Å². The molecule has 0 N–H and O–H groups in total. The maximum Gasteiger partial charge on any atom is 0.345 e. The number of ketones is 1. The molecule has 1 saturated carbocycles. The van der Waals surface area contributed by atoms with Gasteiger partial charge in [-0.3, -0.25) is 4.79 Å². The van der Waals surface area contributed by atoms with E-state index in [9.17, 15) is 9.59 Å². The first-order valence-electron chi connectivity index (χ1n) is 10.9. The molecule has 1 fully saturated rings. The number of carbonyl (C=O) groups excluding carboxylic acids is 2. The number of allylic oxidation sites excluding steroid dienone is 1. The molecule has 1 heterocycles. The van der Waals surface area contributed by atoms with Crippen LogP contribution in [0.4, 0.5) is 0 Å². The van der Waals surface area contributed by atoms with Crippen molar-refractivity contribution in [2.75, 3.05) is 6.61 Å². The van der Waals surface area contributed by atoms with Crippen molar-refractivity contribution in [2.24, 2.45) is 17.8 Å². The fourth-order valence-electron chi connectivity index (χ4n) is 4.29. The lowest BCUT2D eigenvalue weighted by Gasteiger charge is -2.54. The summed E-state index contributed by atoms with van der Waals surface area (Å²) in [5.74, 6) is 0.00294. The average molecular weight is 425 g/mol. The number of Topliss-reactive ketones (excluding diaryl/α,β-unsaturated/α-hetero) is 1. The van der Waals surface area contributed by atoms with Gasteiger partial charge >= 0.3 is 5.97 Å². The Bertz CT molecular complexity index is 688. The third-order valence-electron chi connectivity index (χ3n) is 7.34. The Hall–Kier alpha value is -1.14. The summed E-state index contributed by atoms with van der Waals surface area (Å²) in [5.41, 5.74) is -0.692. The van der Waals surface area contributed by atoms with Crippen molar-refractivity contribution in [3.05, 3.63) is 11.3 Å². The molecular weight excluding hydrogens is 384 g/mol. The summed E-state index contributed by atoms with van der Waals surface area (Å²) in [6.45, 7) is 21.2. The fourth-order valence-corrected chi connectivity index (χ4v) is 5.68. The number of hydrogen-bond acceptors (Lipinski definition) is 5. The summed E-state index contributed by atoms with van der Waals surface area (Å²) in [6.07, 6.45) is 1.39. The van der Waals surface area contributed by atoms with E-state index in [1.807, 2.05) is 6.92 Å². The molecule has 0 amide bonds. The topological polar surface area (TPSA) is 61.8 Å². The second-order valence-corrected chi connectivity index (χ2v) is 15.5. The van der Waals surface area contributed by atoms with E-state index in [1.165, 1.54) is 0 Å². The lowest BCUT2D eigenvalue weighted by molar-refractivity contribution is -0.172. The number of ether oxygens (including phenoxy) is 2. The molecule has 6 heteroatoms. The van der Waals surface area contributed by atoms with Crippen LogP contribution in [0.15, 0.2) is 11.3 Å². The van der Waals surface area contributed by atoms with Gasteiger partial charge in [0, 0.05) is 0 Å². The van der Waals surface area contributed by atoms with Gasteiger partial charge in [-0.25, -0.2) is 4.79 Å². The van der Waals surface area contributed by atoms with E-state index >= 15 is 0 Å². The largest absolute Gasteiger partial charge is 0.488 e. The van der Waals surface area contributed by atoms with Gasteiger partial charge in [0.15, 0.2) is 14.1 Å². The Morgan fingerprint density at radius 3 is 2.34 bits per heavy atom. The maximum atomic E-state index is 13.5. The van der Waals surface area contributed by atoms with E-state index in [-0.39, 0.29) is 29.1 Å². The van der Waals surface area contributed by atoms with Crippen LogP contribution in [0.1, 0.15) is 68.2 Å². The number of hydrogen-bond donors (Lipinski definition) is 0. The Kier molecular flexibility index (Phi) is 6.80. The minimum absolute atomic E-state index is 0.0588. The Balaban J connectivity index is 2.49. The van der Waals surface area contributed by atoms with Crippen molar-refractivity contribution in [2.45, 2.75) is 98.1 Å². The van der Waals surface area contributed by atoms with Crippen LogP contribution in [0.25, 0.3) is 0 Å². The van der Waals surface area contributed by atoms with Crippen LogP contribution in [-0.4, -0.2) is 38.4 Å². The van der Waals surface area contributed by atoms with E-state index in [0.717, 1.165) is 6.42 Å². The minimum atomic E-state index is -2.07. The molecule has 0 aromatic carbocycles. The van der Waals surface area contributed by atoms with Crippen molar-refractivity contribution >= 4 is 20.1 Å². The molecule has 1 aliphatic carbocycles. The summed E-state index contributed by atoms with van der Waals surface area (Å²) >= 11 is 0. The standard InChI is InChI=1S/C23H40O5Si/c1-11-26-21(25)19-15(4)27-23(8)17(20(19)24)12-16(14(2)3)13-18(23)28-29(9,10)22(5,6)7/h14,16-18H,11-13H2,1-10H3/t16-,17?,18?,23-/m0/s1. The molecule has 0 radical (unpaired) electrons. The zero-order chi connectivity index (χ0) is 22.4. The summed E-state index contributed by atoms with van der Waals surface area (Å²) in [7, 11) is -2.07. The van der Waals surface area contributed by atoms with Crippen molar-refractivity contribution in [3.63, 3.8) is 0 Å². The Morgan fingerprint density at radius 1 is 1.28 bits per heavy atom. The van der Waals surface area contributed by atoms with E-state index in [1.54, 1.807) is 13.8 Å². The van der Waals surface area contributed by atoms with E-state index in [2.05, 4.69) is 47.7 Å². The highest BCUT2D eigenvalue weighted by atomic mass is 28.4. The van der Waals surface area contributed by atoms with Gasteiger partial charge in [-0.2, -0.15) is 0 Å². The number of fused-ring (bicyclic) bond motifs is 1. The molecular formula is C23H40O5Si. The zero-order valence-electron chi connectivity index (χ0n) is 20.0. The first-order valence-corrected chi connectivity index (χ1v) is 13.9. The smallest absolute Gasteiger partial charge is 0.345 e. The molecule has 166 valence electrons. The monoisotopic (exact) mass is 424 g/mol. The first-order chi connectivity index (χ1) is 13.2. The SMILES string of the molecule is CCOC(=O)C1=C(C)O[C@]2(C)C(O[Si](C)(C)C(C)(C)C)C[C@@H](C(C)C)CC2C1=O. The zero-order valence-corrected chi connectivity index (χ0v) is 21.0. The molecule has 29 heavy (non-hydrogen) atoms. The third kappa shape index (κ3) is 4.48. The summed E-state index contributed by atoms with van der Waals surface area (Å²) in [5, 5.41) is 0.0588. The van der Waals surface area contributed by atoms with Crippen molar-refractivity contribution in [1.82, 2.24) is 0 Å². The van der Waals surface area contributed by atoms with Gasteiger partial charge in [0.05, 0.1) is 18.6 Å². The molecule has 0 bridgehead atoms. The molecule has 5 nitrogen and oxygen atoms in total. The predicted molar refractivity (Wildman–Crippen MR) is 117 cm³/mol. The fraction of sp³-hybridized carbons (Fsp3) is 0.826. The highest BCUT2D eigenvalue weighted by molar-refractivity contribution is 6.74. The highest BCUT2D eigenvalue weighted by Crippen LogP contribution is 2.50. The molecule has 0 aromatic heterocycles. The van der Waals surface area contributed by atoms with Crippen LogP contribution in [-0.2, 0) is 23.5 Å². The van der Waals surface area contributed by atoms with Gasteiger partial charge < -0.3 is 13.9 Å². The minimum Gasteiger partial charge on any atom is -0.488 e. The van der Waals surface area contributed by atoms with Gasteiger partial charge in [-0.15, -0.1) is 0 Å². The quantitative estimate of drug-likeness (QED) is 0.342. The predicted octanol–water partition coefficient (Wildman–Crippen LogP) is 5.25. The molecule has 0 aromatic rings. The van der Waals surface area contributed by atoms with Crippen molar-refractivity contribution in [3.8, 4) is 0 Å². The lowest BCUT2D eigenvalue weighted by atomic mass is 9.64. The van der Waals surface area contributed by atoms with Crippen LogP contribution >= 0.6 is 0 Å². The average Bonchev–Trinajstić information content (AvgIpc) is 2.54. The lowest BCUT2D eigenvalue weighted by Crippen LogP contribution is -2.62. The molecule has 2 unspecified atom stereocenters. The van der Waals surface area contributed by atoms with Gasteiger partial charge in [0.1, 0.15) is 16.9 Å². The highest BCUT2D eigenvalue weighted by Gasteiger charge is 2.58. The van der Waals surface area contributed by atoms with Gasteiger partial charge in [-0.1, -0.05) is 34.6 Å². The van der Waals surface area contributed by atoms with Crippen LogP contribution < -0.4 is 0 Å². The van der Waals surface area contributed by atoms with Crippen LogP contribution in [0.5, 0.6) is 0 Å². The maximum absolute atomic E-state index is 13.5. The van der Waals surface area contributed by atoms with E-state index < -0.39 is 25.8 Å². The van der Waals surface area contributed by atoms with Crippen LogP contribution in [0, 0.1) is 17.8 Å². The molecule has 0 saturated heterocycles. The summed E-state index contributed by atoms with van der Waals surface area (Å²) in [6, 6.07) is 0. The Labute approximate surface area is 177 Å². The molecule has 1 aliphatic heterocycles. The van der Waals surface area contributed by atoms with Crippen molar-refractivity contribution < 1.29 is 23.5 Å². The molecule has 2 aliphatic rings. The third-order valence-corrected chi connectivity index (χ3v) is 11.8. The second kappa shape index (κ2) is 8.18. The number of carbonyl (C=O) groups is 2. The molecule has 4 atom stereocenters. The Morgan fingerprint density at radius 2 is 1.86 bits per heavy atom. The van der Waals surface area contributed by atoms with Gasteiger partial charge in [-0.05, 0) is 63.6 Å². The van der Waals surface area contributed by atoms with E-state index in [4.69, 9.17) is 13.9 Å². The first kappa shape index (κ1) is 24.1. The number of rotatable bonds is 5. The molecule has 2 rings (SSSR count). The normalized spacial score (nSPS) is 30.9. The summed E-state index contributed by atoms with van der Waals surface area (Å²) in [4.78, 5) is 25.9. The molecule has 0 spiro atoms. The summed E-state index contributed by atoms with van der Waals surface area (Å²) < 4.78 is 18.4. The van der Waals surface area contributed by atoms with E-state index in [0.29, 0.717) is 24.0 Å². The van der Waals surface area contributed by atoms with Crippen LogP contribution in [0.2, 0.25) is 18.1 Å². The van der Waals surface area contributed by atoms with Crippen LogP contribution in [0.3, 0.4) is 0 Å². The second-order valence-electron chi connectivity index (χ2n) is 10.7. The number of esters is 1. The van der Waals surface area contributed by atoms with Crippen molar-refractivity contribution in [1.29, 1.82) is 0 Å².